The van der Waals surface area contributed by atoms with Crippen molar-refractivity contribution in [2.75, 3.05) is 18.1 Å². The lowest BCUT2D eigenvalue weighted by Gasteiger charge is -2.06. The van der Waals surface area contributed by atoms with Crippen molar-refractivity contribution in [2.24, 2.45) is 0 Å². The van der Waals surface area contributed by atoms with Crippen molar-refractivity contribution >= 4 is 23.4 Å². The summed E-state index contributed by atoms with van der Waals surface area (Å²) in [7, 11) is 0. The number of thioether (sulfide) groups is 1. The maximum absolute atomic E-state index is 11.4. The lowest BCUT2D eigenvalue weighted by Crippen LogP contribution is -2.05. The molecule has 0 heterocycles. The molecule has 3 nitrogen and oxygen atoms in total. The molecule has 0 aliphatic rings. The number of hydrogen-bond acceptors (Lipinski definition) is 4. The molecule has 0 fully saturated rings. The number of anilines is 1. The van der Waals surface area contributed by atoms with E-state index in [0.717, 1.165) is 10.6 Å². The molecule has 2 N–H and O–H groups in total. The minimum absolute atomic E-state index is 0.296. The number of ether oxygens (including phenoxy) is 1. The van der Waals surface area contributed by atoms with E-state index in [1.54, 1.807) is 36.9 Å². The molecule has 1 aromatic rings. The monoisotopic (exact) mass is 225 g/mol. The van der Waals surface area contributed by atoms with Crippen molar-refractivity contribution in [3.05, 3.63) is 23.8 Å². The molecule has 0 radical (unpaired) electrons. The van der Waals surface area contributed by atoms with Crippen LogP contribution in [0.1, 0.15) is 24.2 Å². The predicted molar refractivity (Wildman–Crippen MR) is 63.2 cm³/mol. The second-order valence-electron chi connectivity index (χ2n) is 2.91. The summed E-state index contributed by atoms with van der Waals surface area (Å²) in [4.78, 5) is 12.4. The number of rotatable bonds is 4. The number of carbonyl (C=O) groups excluding carboxylic acids is 1. The molecule has 1 rings (SSSR count). The largest absolute Gasteiger partial charge is 0.462 e. The summed E-state index contributed by atoms with van der Waals surface area (Å²) in [5.41, 5.74) is 7.04. The average Bonchev–Trinajstić information content (AvgIpc) is 2.22. The summed E-state index contributed by atoms with van der Waals surface area (Å²) >= 11 is 1.62. The average molecular weight is 225 g/mol. The van der Waals surface area contributed by atoms with Gasteiger partial charge in [0, 0.05) is 10.6 Å². The molecule has 0 aliphatic heterocycles. The Morgan fingerprint density at radius 1 is 1.47 bits per heavy atom. The van der Waals surface area contributed by atoms with Crippen LogP contribution in [-0.2, 0) is 4.74 Å². The van der Waals surface area contributed by atoms with Crippen molar-refractivity contribution in [3.63, 3.8) is 0 Å². The summed E-state index contributed by atoms with van der Waals surface area (Å²) in [6.07, 6.45) is 0. The Morgan fingerprint density at radius 2 is 2.20 bits per heavy atom. The summed E-state index contributed by atoms with van der Waals surface area (Å²) in [6, 6.07) is 5.21. The van der Waals surface area contributed by atoms with Gasteiger partial charge in [0.1, 0.15) is 0 Å². The maximum Gasteiger partial charge on any atom is 0.338 e. The second kappa shape index (κ2) is 5.66. The molecular weight excluding hydrogens is 210 g/mol. The molecule has 82 valence electrons. The number of esters is 1. The zero-order valence-corrected chi connectivity index (χ0v) is 9.76. The summed E-state index contributed by atoms with van der Waals surface area (Å²) in [6.45, 7) is 4.22. The van der Waals surface area contributed by atoms with E-state index in [0.29, 0.717) is 17.9 Å². The number of nitrogens with two attached hydrogens (primary N) is 1. The molecular formula is C11H15NO2S. The quantitative estimate of drug-likeness (QED) is 0.486. The number of hydrogen-bond donors (Lipinski definition) is 1. The fraction of sp³-hybridized carbons (Fsp3) is 0.364. The zero-order valence-electron chi connectivity index (χ0n) is 8.95. The lowest BCUT2D eigenvalue weighted by molar-refractivity contribution is 0.0526. The molecule has 0 aliphatic carbocycles. The summed E-state index contributed by atoms with van der Waals surface area (Å²) in [5, 5.41) is 0. The lowest BCUT2D eigenvalue weighted by atomic mass is 10.2. The van der Waals surface area contributed by atoms with Crippen LogP contribution in [0.4, 0.5) is 5.69 Å². The Balaban J connectivity index is 2.91. The SMILES string of the molecule is CCOC(=O)c1ccc(N)c(SCC)c1. The van der Waals surface area contributed by atoms with E-state index in [2.05, 4.69) is 0 Å². The number of benzene rings is 1. The van der Waals surface area contributed by atoms with E-state index >= 15 is 0 Å². The Bertz CT molecular complexity index is 352. The fourth-order valence-electron chi connectivity index (χ4n) is 1.16. The number of nitrogen functional groups attached to an aromatic ring is 1. The van der Waals surface area contributed by atoms with Gasteiger partial charge in [-0.1, -0.05) is 6.92 Å². The van der Waals surface area contributed by atoms with Gasteiger partial charge in [-0.25, -0.2) is 4.79 Å². The van der Waals surface area contributed by atoms with Gasteiger partial charge in [0.25, 0.3) is 0 Å². The van der Waals surface area contributed by atoms with Crippen LogP contribution in [0.25, 0.3) is 0 Å². The van der Waals surface area contributed by atoms with Gasteiger partial charge in [-0.15, -0.1) is 11.8 Å². The van der Waals surface area contributed by atoms with Gasteiger partial charge in [0.2, 0.25) is 0 Å². The highest BCUT2D eigenvalue weighted by Gasteiger charge is 2.08. The molecule has 1 aromatic carbocycles. The third-order valence-corrected chi connectivity index (χ3v) is 2.78. The minimum atomic E-state index is -0.296. The molecule has 0 unspecified atom stereocenters. The van der Waals surface area contributed by atoms with Crippen molar-refractivity contribution < 1.29 is 9.53 Å². The van der Waals surface area contributed by atoms with Crippen LogP contribution in [0, 0.1) is 0 Å². The van der Waals surface area contributed by atoms with Gasteiger partial charge in [-0.05, 0) is 30.9 Å². The van der Waals surface area contributed by atoms with Crippen molar-refractivity contribution in [2.45, 2.75) is 18.7 Å². The van der Waals surface area contributed by atoms with Crippen LogP contribution >= 0.6 is 11.8 Å². The molecule has 0 saturated carbocycles. The van der Waals surface area contributed by atoms with E-state index in [1.807, 2.05) is 6.92 Å². The number of carbonyl (C=O) groups is 1. The van der Waals surface area contributed by atoms with Crippen molar-refractivity contribution in [1.29, 1.82) is 0 Å². The van der Waals surface area contributed by atoms with Crippen LogP contribution < -0.4 is 5.73 Å². The van der Waals surface area contributed by atoms with E-state index in [-0.39, 0.29) is 5.97 Å². The van der Waals surface area contributed by atoms with E-state index in [1.165, 1.54) is 0 Å². The van der Waals surface area contributed by atoms with Gasteiger partial charge in [0.15, 0.2) is 0 Å². The maximum atomic E-state index is 11.4. The van der Waals surface area contributed by atoms with Crippen LogP contribution in [0.2, 0.25) is 0 Å². The molecule has 4 heteroatoms. The van der Waals surface area contributed by atoms with Crippen LogP contribution in [0.15, 0.2) is 23.1 Å². The fourth-order valence-corrected chi connectivity index (χ4v) is 1.91. The summed E-state index contributed by atoms with van der Waals surface area (Å²) in [5.74, 6) is 0.631. The van der Waals surface area contributed by atoms with E-state index < -0.39 is 0 Å². The summed E-state index contributed by atoms with van der Waals surface area (Å²) < 4.78 is 4.91. The van der Waals surface area contributed by atoms with Crippen molar-refractivity contribution in [3.8, 4) is 0 Å². The highest BCUT2D eigenvalue weighted by Crippen LogP contribution is 2.26. The first kappa shape index (κ1) is 11.9. The van der Waals surface area contributed by atoms with E-state index in [4.69, 9.17) is 10.5 Å². The van der Waals surface area contributed by atoms with Crippen LogP contribution in [-0.4, -0.2) is 18.3 Å². The Morgan fingerprint density at radius 3 is 2.80 bits per heavy atom. The smallest absolute Gasteiger partial charge is 0.338 e. The minimum Gasteiger partial charge on any atom is -0.462 e. The van der Waals surface area contributed by atoms with Crippen LogP contribution in [0.3, 0.4) is 0 Å². The van der Waals surface area contributed by atoms with Gasteiger partial charge >= 0.3 is 5.97 Å². The normalized spacial score (nSPS) is 10.0. The van der Waals surface area contributed by atoms with Gasteiger partial charge in [-0.3, -0.25) is 0 Å². The molecule has 0 atom stereocenters. The van der Waals surface area contributed by atoms with Gasteiger partial charge in [-0.2, -0.15) is 0 Å². The standard InChI is InChI=1S/C11H15NO2S/c1-3-14-11(13)8-5-6-9(12)10(7-8)15-4-2/h5-7H,3-4,12H2,1-2H3. The Kier molecular flexibility index (Phi) is 4.49. The van der Waals surface area contributed by atoms with Gasteiger partial charge in [0.05, 0.1) is 12.2 Å². The van der Waals surface area contributed by atoms with Gasteiger partial charge < -0.3 is 10.5 Å². The Labute approximate surface area is 94.0 Å². The zero-order chi connectivity index (χ0) is 11.3. The first-order valence-corrected chi connectivity index (χ1v) is 5.87. The molecule has 0 aromatic heterocycles. The Hall–Kier alpha value is -1.16. The second-order valence-corrected chi connectivity index (χ2v) is 4.21. The third-order valence-electron chi connectivity index (χ3n) is 1.82. The third kappa shape index (κ3) is 3.16. The van der Waals surface area contributed by atoms with E-state index in [9.17, 15) is 4.79 Å². The molecule has 0 bridgehead atoms. The first-order chi connectivity index (χ1) is 7.19. The van der Waals surface area contributed by atoms with Crippen molar-refractivity contribution in [1.82, 2.24) is 0 Å². The molecule has 15 heavy (non-hydrogen) atoms. The topological polar surface area (TPSA) is 52.3 Å². The molecule has 0 spiro atoms. The highest BCUT2D eigenvalue weighted by molar-refractivity contribution is 7.99. The molecule has 0 saturated heterocycles. The predicted octanol–water partition coefficient (Wildman–Crippen LogP) is 2.56. The first-order valence-electron chi connectivity index (χ1n) is 4.88. The molecule has 0 amide bonds. The van der Waals surface area contributed by atoms with Crippen LogP contribution in [0.5, 0.6) is 0 Å². The highest BCUT2D eigenvalue weighted by atomic mass is 32.2.